The molecule has 2 unspecified atom stereocenters. The number of piperidine rings is 1. The predicted molar refractivity (Wildman–Crippen MR) is 163 cm³/mol. The zero-order valence-electron chi connectivity index (χ0n) is 24.4. The van der Waals surface area contributed by atoms with Gasteiger partial charge in [-0.1, -0.05) is 19.1 Å². The number of carbonyl (C=O) groups excluding carboxylic acids is 2. The summed E-state index contributed by atoms with van der Waals surface area (Å²) in [5, 5.41) is 3.38. The van der Waals surface area contributed by atoms with E-state index in [1.807, 2.05) is 0 Å². The standard InChI is InChI=1S/C33H48Cl2N2O3/c1-32-16-14-26(22-24(32)8-11-27-28(32)15-17-33(2)29(27)12-13-30(38)36-33)40-31(39)5-3-4-23-6-9-25(10-7-23)37(20-18-34)21-19-35/h6-7,9-10,24,26-29H,3-5,8,11-22H2,1-2H3,(H,36,38)/t24?,26?,27-,28+,29+,32+,33+/m1/s1. The van der Waals surface area contributed by atoms with E-state index in [0.29, 0.717) is 41.9 Å². The third kappa shape index (κ3) is 6.31. The summed E-state index contributed by atoms with van der Waals surface area (Å²) in [6.07, 6.45) is 11.9. The zero-order chi connectivity index (χ0) is 28.3. The van der Waals surface area contributed by atoms with E-state index in [9.17, 15) is 9.59 Å². The molecule has 3 saturated carbocycles. The van der Waals surface area contributed by atoms with Crippen LogP contribution in [0.15, 0.2) is 24.3 Å². The van der Waals surface area contributed by atoms with E-state index in [-0.39, 0.29) is 23.5 Å². The van der Waals surface area contributed by atoms with Crippen LogP contribution < -0.4 is 10.2 Å². The van der Waals surface area contributed by atoms with Gasteiger partial charge in [-0.05, 0) is 118 Å². The van der Waals surface area contributed by atoms with Gasteiger partial charge in [0.05, 0.1) is 0 Å². The van der Waals surface area contributed by atoms with E-state index in [1.54, 1.807) is 0 Å². The zero-order valence-corrected chi connectivity index (χ0v) is 25.9. The Morgan fingerprint density at radius 3 is 2.48 bits per heavy atom. The number of alkyl halides is 2. The molecule has 3 aliphatic carbocycles. The molecule has 0 spiro atoms. The first-order valence-corrected chi connectivity index (χ1v) is 16.8. The number of ether oxygens (including phenoxy) is 1. The van der Waals surface area contributed by atoms with Gasteiger partial charge in [-0.15, -0.1) is 23.2 Å². The highest BCUT2D eigenvalue weighted by atomic mass is 35.5. The number of nitrogens with one attached hydrogen (secondary N) is 1. The van der Waals surface area contributed by atoms with Crippen molar-refractivity contribution in [2.24, 2.45) is 29.1 Å². The number of benzene rings is 1. The Morgan fingerprint density at radius 2 is 1.75 bits per heavy atom. The minimum Gasteiger partial charge on any atom is -0.462 e. The number of anilines is 1. The van der Waals surface area contributed by atoms with Crippen molar-refractivity contribution >= 4 is 40.8 Å². The molecule has 4 aliphatic rings. The highest BCUT2D eigenvalue weighted by Gasteiger charge is 2.58. The Labute approximate surface area is 251 Å². The van der Waals surface area contributed by atoms with Crippen molar-refractivity contribution in [1.82, 2.24) is 5.32 Å². The second-order valence-electron chi connectivity index (χ2n) is 13.5. The molecule has 40 heavy (non-hydrogen) atoms. The van der Waals surface area contributed by atoms with Crippen molar-refractivity contribution in [2.75, 3.05) is 29.7 Å². The Bertz CT molecular complexity index is 1030. The van der Waals surface area contributed by atoms with Crippen molar-refractivity contribution in [1.29, 1.82) is 0 Å². The third-order valence-corrected chi connectivity index (χ3v) is 11.6. The number of hydrogen-bond acceptors (Lipinski definition) is 4. The molecule has 1 saturated heterocycles. The van der Waals surface area contributed by atoms with E-state index in [1.165, 1.54) is 24.8 Å². The Hall–Kier alpha value is -1.46. The Kier molecular flexibility index (Phi) is 9.62. The summed E-state index contributed by atoms with van der Waals surface area (Å²) >= 11 is 11.9. The average molecular weight is 592 g/mol. The second kappa shape index (κ2) is 12.8. The van der Waals surface area contributed by atoms with Gasteiger partial charge in [0, 0.05) is 48.9 Å². The van der Waals surface area contributed by atoms with Gasteiger partial charge in [0.2, 0.25) is 5.91 Å². The third-order valence-electron chi connectivity index (χ3n) is 11.3. The summed E-state index contributed by atoms with van der Waals surface area (Å²) < 4.78 is 6.06. The van der Waals surface area contributed by atoms with Gasteiger partial charge in [-0.3, -0.25) is 9.59 Å². The van der Waals surface area contributed by atoms with Crippen LogP contribution in [0.5, 0.6) is 0 Å². The molecule has 7 atom stereocenters. The first-order chi connectivity index (χ1) is 19.3. The molecule has 0 bridgehead atoms. The van der Waals surface area contributed by atoms with Crippen LogP contribution in [-0.4, -0.2) is 48.4 Å². The summed E-state index contributed by atoms with van der Waals surface area (Å²) in [4.78, 5) is 27.1. The summed E-state index contributed by atoms with van der Waals surface area (Å²) in [7, 11) is 0. The summed E-state index contributed by atoms with van der Waals surface area (Å²) in [6.45, 7) is 6.39. The van der Waals surface area contributed by atoms with Crippen LogP contribution in [0.4, 0.5) is 5.69 Å². The van der Waals surface area contributed by atoms with Crippen LogP contribution >= 0.6 is 23.2 Å². The minimum absolute atomic E-state index is 0.0106. The van der Waals surface area contributed by atoms with E-state index in [4.69, 9.17) is 27.9 Å². The van der Waals surface area contributed by atoms with Gasteiger partial charge >= 0.3 is 5.97 Å². The molecule has 0 aromatic heterocycles. The van der Waals surface area contributed by atoms with Gasteiger partial charge in [-0.25, -0.2) is 0 Å². The van der Waals surface area contributed by atoms with Crippen LogP contribution in [0.25, 0.3) is 0 Å². The number of nitrogens with zero attached hydrogens (tertiary/aromatic N) is 1. The molecule has 1 heterocycles. The van der Waals surface area contributed by atoms with E-state index >= 15 is 0 Å². The first-order valence-electron chi connectivity index (χ1n) is 15.7. The van der Waals surface area contributed by atoms with Crippen molar-refractivity contribution in [2.45, 2.75) is 103 Å². The van der Waals surface area contributed by atoms with Crippen LogP contribution in [0.2, 0.25) is 0 Å². The topological polar surface area (TPSA) is 58.6 Å². The van der Waals surface area contributed by atoms with Crippen molar-refractivity contribution in [3.8, 4) is 0 Å². The number of esters is 1. The maximum Gasteiger partial charge on any atom is 0.306 e. The summed E-state index contributed by atoms with van der Waals surface area (Å²) in [5.74, 6) is 4.05. The maximum atomic E-state index is 12.8. The molecule has 1 N–H and O–H groups in total. The first kappa shape index (κ1) is 30.0. The second-order valence-corrected chi connectivity index (χ2v) is 14.2. The largest absolute Gasteiger partial charge is 0.462 e. The smallest absolute Gasteiger partial charge is 0.306 e. The molecular formula is C33H48Cl2N2O3. The normalized spacial score (nSPS) is 35.1. The van der Waals surface area contributed by atoms with E-state index in [2.05, 4.69) is 48.3 Å². The Balaban J connectivity index is 1.08. The number of fused-ring (bicyclic) bond motifs is 5. The fourth-order valence-corrected chi connectivity index (χ4v) is 9.54. The molecule has 222 valence electrons. The number of hydrogen-bond donors (Lipinski definition) is 1. The van der Waals surface area contributed by atoms with Crippen molar-refractivity contribution in [3.05, 3.63) is 29.8 Å². The lowest BCUT2D eigenvalue weighted by atomic mass is 9.45. The fourth-order valence-electron chi connectivity index (χ4n) is 9.13. The monoisotopic (exact) mass is 590 g/mol. The number of halogens is 2. The van der Waals surface area contributed by atoms with Crippen LogP contribution in [0.1, 0.15) is 90.0 Å². The van der Waals surface area contributed by atoms with Gasteiger partial charge in [-0.2, -0.15) is 0 Å². The molecule has 1 aromatic rings. The molecule has 4 fully saturated rings. The van der Waals surface area contributed by atoms with Gasteiger partial charge < -0.3 is 15.0 Å². The lowest BCUT2D eigenvalue weighted by Crippen LogP contribution is -2.63. The fraction of sp³-hybridized carbons (Fsp3) is 0.758. The molecule has 1 amide bonds. The quantitative estimate of drug-likeness (QED) is 0.233. The average Bonchev–Trinajstić information content (AvgIpc) is 2.93. The van der Waals surface area contributed by atoms with Crippen molar-refractivity contribution < 1.29 is 14.3 Å². The van der Waals surface area contributed by atoms with E-state index in [0.717, 1.165) is 75.6 Å². The highest BCUT2D eigenvalue weighted by Crippen LogP contribution is 2.62. The molecule has 7 heteroatoms. The highest BCUT2D eigenvalue weighted by molar-refractivity contribution is 6.18. The molecule has 0 radical (unpaired) electrons. The number of amides is 1. The van der Waals surface area contributed by atoms with Crippen molar-refractivity contribution in [3.63, 3.8) is 0 Å². The number of carbonyl (C=O) groups is 2. The molecule has 1 aromatic carbocycles. The van der Waals surface area contributed by atoms with Crippen LogP contribution in [-0.2, 0) is 20.7 Å². The van der Waals surface area contributed by atoms with E-state index < -0.39 is 0 Å². The van der Waals surface area contributed by atoms with Crippen LogP contribution in [0.3, 0.4) is 0 Å². The summed E-state index contributed by atoms with van der Waals surface area (Å²) in [5.41, 5.74) is 2.70. The van der Waals surface area contributed by atoms with Gasteiger partial charge in [0.25, 0.3) is 0 Å². The number of rotatable bonds is 10. The van der Waals surface area contributed by atoms with Gasteiger partial charge in [0.15, 0.2) is 0 Å². The SMILES string of the molecule is C[C@]12CCC(OC(=O)CCCc3ccc(N(CCCl)CCCl)cc3)CC1CC[C@@H]1[C@@H]2CC[C@]2(C)NC(=O)CC[C@@H]12. The molecular weight excluding hydrogens is 543 g/mol. The molecule has 5 nitrogen and oxygen atoms in total. The maximum absolute atomic E-state index is 12.8. The Morgan fingerprint density at radius 1 is 1.00 bits per heavy atom. The van der Waals surface area contributed by atoms with Crippen LogP contribution in [0, 0.1) is 29.1 Å². The lowest BCUT2D eigenvalue weighted by Gasteiger charge is -2.62. The summed E-state index contributed by atoms with van der Waals surface area (Å²) in [6, 6.07) is 8.53. The minimum atomic E-state index is -0.0410. The number of aryl methyl sites for hydroxylation is 1. The molecule has 1 aliphatic heterocycles. The lowest BCUT2D eigenvalue weighted by molar-refractivity contribution is -0.163. The predicted octanol–water partition coefficient (Wildman–Crippen LogP) is 7.12. The molecule has 5 rings (SSSR count). The van der Waals surface area contributed by atoms with Gasteiger partial charge in [0.1, 0.15) is 6.10 Å².